The van der Waals surface area contributed by atoms with Gasteiger partial charge in [0.15, 0.2) is 0 Å². The molecule has 0 amide bonds. The van der Waals surface area contributed by atoms with Gasteiger partial charge >= 0.3 is 11.9 Å². The summed E-state index contributed by atoms with van der Waals surface area (Å²) < 4.78 is 37.5. The molecule has 17 heavy (non-hydrogen) atoms. The number of hydrogen-bond acceptors (Lipinski definition) is 3. The predicted octanol–water partition coefficient (Wildman–Crippen LogP) is 2.52. The lowest BCUT2D eigenvalue weighted by atomic mass is 10.1. The first-order valence-electron chi connectivity index (χ1n) is 4.33. The van der Waals surface area contributed by atoms with Crippen LogP contribution in [-0.2, 0) is 11.0 Å². The van der Waals surface area contributed by atoms with Gasteiger partial charge in [-0.3, -0.25) is 14.9 Å². The van der Waals surface area contributed by atoms with E-state index in [1.54, 1.807) is 0 Å². The predicted molar refractivity (Wildman–Crippen MR) is 52.5 cm³/mol. The summed E-state index contributed by atoms with van der Waals surface area (Å²) in [5.74, 6) is 0. The van der Waals surface area contributed by atoms with E-state index in [-0.39, 0.29) is 6.29 Å². The summed E-state index contributed by atoms with van der Waals surface area (Å²) in [6, 6.07) is 4.29. The van der Waals surface area contributed by atoms with Crippen molar-refractivity contribution < 1.29 is 22.9 Å². The minimum atomic E-state index is -4.63. The van der Waals surface area contributed by atoms with Gasteiger partial charge in [-0.15, -0.1) is 0 Å². The average Bonchev–Trinajstić information content (AvgIpc) is 2.24. The molecular formula is C10H6F3NO3. The number of hydrogen-bond donors (Lipinski definition) is 0. The van der Waals surface area contributed by atoms with Crippen molar-refractivity contribution in [2.75, 3.05) is 0 Å². The smallest absolute Gasteiger partial charge is 0.291 e. The Morgan fingerprint density at radius 2 is 1.88 bits per heavy atom. The molecule has 0 aliphatic rings. The van der Waals surface area contributed by atoms with Gasteiger partial charge in [0.1, 0.15) is 0 Å². The molecule has 0 spiro atoms. The summed E-state index contributed by atoms with van der Waals surface area (Å²) >= 11 is 0. The number of benzene rings is 1. The number of halogens is 3. The molecule has 0 aromatic heterocycles. The van der Waals surface area contributed by atoms with Gasteiger partial charge in [-0.1, -0.05) is 18.2 Å². The van der Waals surface area contributed by atoms with Gasteiger partial charge in [0.25, 0.3) is 0 Å². The normalized spacial score (nSPS) is 12.3. The van der Waals surface area contributed by atoms with Gasteiger partial charge < -0.3 is 0 Å². The Kier molecular flexibility index (Phi) is 3.62. The summed E-state index contributed by atoms with van der Waals surface area (Å²) in [7, 11) is 0. The second-order valence-corrected chi connectivity index (χ2v) is 3.03. The van der Waals surface area contributed by atoms with E-state index in [9.17, 15) is 28.1 Å². The standard InChI is InChI=1S/C10H6F3NO3/c11-10(12,13)9-4-2-1-3-7(9)5-8(6-15)14(16)17/h1-6H/b8-5+. The Morgan fingerprint density at radius 1 is 1.29 bits per heavy atom. The Morgan fingerprint density at radius 3 is 2.35 bits per heavy atom. The molecule has 4 nitrogen and oxygen atoms in total. The third kappa shape index (κ3) is 3.13. The van der Waals surface area contributed by atoms with Crippen LogP contribution in [0, 0.1) is 10.1 Å². The van der Waals surface area contributed by atoms with Crippen molar-refractivity contribution in [2.45, 2.75) is 6.18 Å². The first-order chi connectivity index (χ1) is 7.86. The highest BCUT2D eigenvalue weighted by Crippen LogP contribution is 2.32. The molecule has 0 aliphatic carbocycles. The SMILES string of the molecule is O=C/C(=C\c1ccccc1C(F)(F)F)[N+](=O)[O-]. The molecule has 0 radical (unpaired) electrons. The van der Waals surface area contributed by atoms with E-state index in [0.29, 0.717) is 6.08 Å². The third-order valence-electron chi connectivity index (χ3n) is 1.90. The first-order valence-corrected chi connectivity index (χ1v) is 4.33. The van der Waals surface area contributed by atoms with Crippen molar-refractivity contribution in [3.8, 4) is 0 Å². The van der Waals surface area contributed by atoms with Crippen LogP contribution in [0.15, 0.2) is 30.0 Å². The molecule has 0 heterocycles. The topological polar surface area (TPSA) is 60.2 Å². The fraction of sp³-hybridized carbons (Fsp3) is 0.100. The monoisotopic (exact) mass is 245 g/mol. The second kappa shape index (κ2) is 4.77. The van der Waals surface area contributed by atoms with Gasteiger partial charge in [-0.25, -0.2) is 0 Å². The molecule has 0 atom stereocenters. The molecule has 0 saturated heterocycles. The second-order valence-electron chi connectivity index (χ2n) is 3.03. The van der Waals surface area contributed by atoms with Crippen LogP contribution in [0.2, 0.25) is 0 Å². The number of aldehydes is 1. The van der Waals surface area contributed by atoms with E-state index in [1.807, 2.05) is 0 Å². The Bertz CT molecular complexity index is 480. The van der Waals surface area contributed by atoms with Crippen LogP contribution in [0.5, 0.6) is 0 Å². The van der Waals surface area contributed by atoms with Gasteiger partial charge in [0, 0.05) is 6.08 Å². The van der Waals surface area contributed by atoms with Gasteiger partial charge in [0.05, 0.1) is 10.5 Å². The fourth-order valence-corrected chi connectivity index (χ4v) is 1.17. The van der Waals surface area contributed by atoms with Crippen LogP contribution >= 0.6 is 0 Å². The van der Waals surface area contributed by atoms with Crippen molar-refractivity contribution in [1.29, 1.82) is 0 Å². The lowest BCUT2D eigenvalue weighted by Crippen LogP contribution is -2.08. The molecule has 1 aromatic carbocycles. The van der Waals surface area contributed by atoms with Crippen LogP contribution in [-0.4, -0.2) is 11.2 Å². The minimum Gasteiger partial charge on any atom is -0.291 e. The maximum absolute atomic E-state index is 12.5. The van der Waals surface area contributed by atoms with E-state index in [2.05, 4.69) is 0 Å². The Balaban J connectivity index is 3.33. The van der Waals surface area contributed by atoms with Gasteiger partial charge in [-0.05, 0) is 11.6 Å². The van der Waals surface area contributed by atoms with Crippen molar-refractivity contribution in [3.63, 3.8) is 0 Å². The summed E-state index contributed by atoms with van der Waals surface area (Å²) in [5.41, 5.74) is -2.37. The number of allylic oxidation sites excluding steroid dienone is 1. The highest BCUT2D eigenvalue weighted by atomic mass is 19.4. The molecule has 0 aliphatic heterocycles. The summed E-state index contributed by atoms with van der Waals surface area (Å²) in [5, 5.41) is 10.3. The van der Waals surface area contributed by atoms with E-state index in [1.165, 1.54) is 6.07 Å². The zero-order valence-corrected chi connectivity index (χ0v) is 8.27. The third-order valence-corrected chi connectivity index (χ3v) is 1.90. The Labute approximate surface area is 93.5 Å². The van der Waals surface area contributed by atoms with Crippen molar-refractivity contribution in [2.24, 2.45) is 0 Å². The molecule has 0 saturated carbocycles. The molecular weight excluding hydrogens is 239 g/mol. The first kappa shape index (κ1) is 12.9. The van der Waals surface area contributed by atoms with Crippen molar-refractivity contribution in [1.82, 2.24) is 0 Å². The van der Waals surface area contributed by atoms with E-state index in [0.717, 1.165) is 18.2 Å². The van der Waals surface area contributed by atoms with Crippen LogP contribution in [0.4, 0.5) is 13.2 Å². The zero-order chi connectivity index (χ0) is 13.1. The molecule has 0 bridgehead atoms. The van der Waals surface area contributed by atoms with E-state index < -0.39 is 27.9 Å². The van der Waals surface area contributed by atoms with Crippen LogP contribution in [0.25, 0.3) is 6.08 Å². The molecule has 1 aromatic rings. The highest BCUT2D eigenvalue weighted by Gasteiger charge is 2.32. The number of rotatable bonds is 3. The summed E-state index contributed by atoms with van der Waals surface area (Å²) in [6.07, 6.45) is -4.14. The van der Waals surface area contributed by atoms with Gasteiger partial charge in [0.2, 0.25) is 6.29 Å². The molecule has 7 heteroatoms. The van der Waals surface area contributed by atoms with E-state index in [4.69, 9.17) is 0 Å². The lowest BCUT2D eigenvalue weighted by molar-refractivity contribution is -0.415. The summed E-state index contributed by atoms with van der Waals surface area (Å²) in [6.45, 7) is 0. The minimum absolute atomic E-state index is 0.104. The lowest BCUT2D eigenvalue weighted by Gasteiger charge is -2.09. The van der Waals surface area contributed by atoms with Crippen molar-refractivity contribution in [3.05, 3.63) is 51.2 Å². The van der Waals surface area contributed by atoms with Gasteiger partial charge in [-0.2, -0.15) is 13.2 Å². The van der Waals surface area contributed by atoms with Crippen molar-refractivity contribution >= 4 is 12.4 Å². The number of nitrogens with zero attached hydrogens (tertiary/aromatic N) is 1. The van der Waals surface area contributed by atoms with Crippen LogP contribution in [0.1, 0.15) is 11.1 Å². The summed E-state index contributed by atoms with van der Waals surface area (Å²) in [4.78, 5) is 19.6. The average molecular weight is 245 g/mol. The number of carbonyl (C=O) groups excluding carboxylic acids is 1. The van der Waals surface area contributed by atoms with Crippen LogP contribution < -0.4 is 0 Å². The molecule has 0 N–H and O–H groups in total. The largest absolute Gasteiger partial charge is 0.416 e. The number of alkyl halides is 3. The fourth-order valence-electron chi connectivity index (χ4n) is 1.17. The molecule has 1 rings (SSSR count). The zero-order valence-electron chi connectivity index (χ0n) is 8.27. The number of nitro groups is 1. The number of carbonyl (C=O) groups is 1. The Hall–Kier alpha value is -2.18. The maximum atomic E-state index is 12.5. The molecule has 90 valence electrons. The quantitative estimate of drug-likeness (QED) is 0.356. The van der Waals surface area contributed by atoms with Crippen LogP contribution in [0.3, 0.4) is 0 Å². The highest BCUT2D eigenvalue weighted by molar-refractivity contribution is 5.79. The molecule has 0 unspecified atom stereocenters. The van der Waals surface area contributed by atoms with E-state index >= 15 is 0 Å². The molecule has 0 fully saturated rings. The maximum Gasteiger partial charge on any atom is 0.416 e.